The summed E-state index contributed by atoms with van der Waals surface area (Å²) in [6.45, 7) is 5.78. The van der Waals surface area contributed by atoms with E-state index in [1.165, 1.54) is 12.0 Å². The molecule has 66 valence electrons. The quantitative estimate of drug-likeness (QED) is 0.546. The Morgan fingerprint density at radius 1 is 1.67 bits per heavy atom. The lowest BCUT2D eigenvalue weighted by Gasteiger charge is -1.97. The lowest BCUT2D eigenvalue weighted by atomic mass is 10.3. The number of nitrogens with one attached hydrogen (secondary N) is 1. The SMILES string of the molecule is CC(C)=CCNCc1cnco1. The Hall–Kier alpha value is -1.09. The van der Waals surface area contributed by atoms with Crippen molar-refractivity contribution >= 4 is 0 Å². The number of hydrogen-bond acceptors (Lipinski definition) is 3. The summed E-state index contributed by atoms with van der Waals surface area (Å²) < 4.78 is 5.05. The summed E-state index contributed by atoms with van der Waals surface area (Å²) in [5, 5.41) is 3.21. The molecule has 0 spiro atoms. The molecule has 0 aliphatic rings. The second kappa shape index (κ2) is 4.72. The zero-order valence-corrected chi connectivity index (χ0v) is 7.50. The van der Waals surface area contributed by atoms with Crippen LogP contribution in [-0.4, -0.2) is 11.5 Å². The molecule has 0 unspecified atom stereocenters. The summed E-state index contributed by atoms with van der Waals surface area (Å²) in [5.74, 6) is 0.872. The third kappa shape index (κ3) is 3.34. The monoisotopic (exact) mass is 166 g/mol. The molecule has 0 radical (unpaired) electrons. The maximum atomic E-state index is 5.05. The molecule has 0 aliphatic heterocycles. The van der Waals surface area contributed by atoms with Crippen LogP contribution in [-0.2, 0) is 6.54 Å². The average molecular weight is 166 g/mol. The van der Waals surface area contributed by atoms with Crippen LogP contribution in [0, 0.1) is 0 Å². The van der Waals surface area contributed by atoms with Gasteiger partial charge in [-0.1, -0.05) is 11.6 Å². The third-order valence-corrected chi connectivity index (χ3v) is 1.44. The summed E-state index contributed by atoms with van der Waals surface area (Å²) in [6, 6.07) is 0. The van der Waals surface area contributed by atoms with Crippen molar-refractivity contribution in [2.24, 2.45) is 0 Å². The van der Waals surface area contributed by atoms with E-state index in [2.05, 4.69) is 30.2 Å². The molecule has 3 heteroatoms. The van der Waals surface area contributed by atoms with Gasteiger partial charge in [-0.15, -0.1) is 0 Å². The Balaban J connectivity index is 2.16. The number of aromatic nitrogens is 1. The number of allylic oxidation sites excluding steroid dienone is 1. The maximum Gasteiger partial charge on any atom is 0.180 e. The van der Waals surface area contributed by atoms with Crippen molar-refractivity contribution in [2.75, 3.05) is 6.54 Å². The van der Waals surface area contributed by atoms with Crippen LogP contribution in [0.5, 0.6) is 0 Å². The van der Waals surface area contributed by atoms with Gasteiger partial charge in [0.1, 0.15) is 5.76 Å². The first-order chi connectivity index (χ1) is 5.79. The van der Waals surface area contributed by atoms with E-state index in [0.29, 0.717) is 0 Å². The van der Waals surface area contributed by atoms with Crippen molar-refractivity contribution in [1.29, 1.82) is 0 Å². The molecule has 12 heavy (non-hydrogen) atoms. The minimum atomic E-state index is 0.740. The van der Waals surface area contributed by atoms with Crippen LogP contribution in [0.2, 0.25) is 0 Å². The second-order valence-corrected chi connectivity index (χ2v) is 2.88. The van der Waals surface area contributed by atoms with E-state index >= 15 is 0 Å². The molecule has 1 heterocycles. The molecular formula is C9H14N2O. The minimum absolute atomic E-state index is 0.740. The Kier molecular flexibility index (Phi) is 3.54. The van der Waals surface area contributed by atoms with Gasteiger partial charge in [-0.25, -0.2) is 4.98 Å². The first-order valence-corrected chi connectivity index (χ1v) is 4.00. The van der Waals surface area contributed by atoms with Crippen molar-refractivity contribution in [3.8, 4) is 0 Å². The van der Waals surface area contributed by atoms with Gasteiger partial charge >= 0.3 is 0 Å². The van der Waals surface area contributed by atoms with E-state index in [-0.39, 0.29) is 0 Å². The van der Waals surface area contributed by atoms with Crippen molar-refractivity contribution in [3.63, 3.8) is 0 Å². The molecule has 1 aromatic heterocycles. The van der Waals surface area contributed by atoms with Crippen molar-refractivity contribution in [3.05, 3.63) is 30.0 Å². The molecule has 0 bridgehead atoms. The van der Waals surface area contributed by atoms with Crippen LogP contribution in [0.1, 0.15) is 19.6 Å². The Bertz CT molecular complexity index is 235. The molecule has 0 atom stereocenters. The summed E-state index contributed by atoms with van der Waals surface area (Å²) in [4.78, 5) is 3.81. The highest BCUT2D eigenvalue weighted by molar-refractivity contribution is 4.95. The van der Waals surface area contributed by atoms with Gasteiger partial charge in [0.25, 0.3) is 0 Å². The number of rotatable bonds is 4. The fourth-order valence-corrected chi connectivity index (χ4v) is 0.801. The number of hydrogen-bond donors (Lipinski definition) is 1. The van der Waals surface area contributed by atoms with E-state index in [1.54, 1.807) is 6.20 Å². The molecule has 1 N–H and O–H groups in total. The average Bonchev–Trinajstić information content (AvgIpc) is 2.49. The Morgan fingerprint density at radius 2 is 2.50 bits per heavy atom. The predicted octanol–water partition coefficient (Wildman–Crippen LogP) is 1.73. The summed E-state index contributed by atoms with van der Waals surface area (Å²) in [6.07, 6.45) is 5.30. The number of nitrogens with zero attached hydrogens (tertiary/aromatic N) is 1. The van der Waals surface area contributed by atoms with Crippen LogP contribution >= 0.6 is 0 Å². The summed E-state index contributed by atoms with van der Waals surface area (Å²) in [7, 11) is 0. The summed E-state index contributed by atoms with van der Waals surface area (Å²) in [5.41, 5.74) is 1.32. The van der Waals surface area contributed by atoms with Crippen LogP contribution in [0.15, 0.2) is 28.7 Å². The smallest absolute Gasteiger partial charge is 0.180 e. The fourth-order valence-electron chi connectivity index (χ4n) is 0.801. The molecular weight excluding hydrogens is 152 g/mol. The van der Waals surface area contributed by atoms with Crippen LogP contribution in [0.4, 0.5) is 0 Å². The van der Waals surface area contributed by atoms with Gasteiger partial charge in [0.05, 0.1) is 12.7 Å². The molecule has 0 fully saturated rings. The Labute approximate surface area is 72.5 Å². The fraction of sp³-hybridized carbons (Fsp3) is 0.444. The minimum Gasteiger partial charge on any atom is -0.447 e. The molecule has 1 aromatic rings. The van der Waals surface area contributed by atoms with Gasteiger partial charge in [0.2, 0.25) is 0 Å². The zero-order chi connectivity index (χ0) is 8.81. The second-order valence-electron chi connectivity index (χ2n) is 2.88. The van der Waals surface area contributed by atoms with E-state index in [4.69, 9.17) is 4.42 Å². The molecule has 0 amide bonds. The van der Waals surface area contributed by atoms with Gasteiger partial charge in [-0.3, -0.25) is 0 Å². The summed E-state index contributed by atoms with van der Waals surface area (Å²) >= 11 is 0. The van der Waals surface area contributed by atoms with Crippen molar-refractivity contribution in [2.45, 2.75) is 20.4 Å². The highest BCUT2D eigenvalue weighted by atomic mass is 16.3. The van der Waals surface area contributed by atoms with Gasteiger partial charge < -0.3 is 9.73 Å². The van der Waals surface area contributed by atoms with Crippen LogP contribution < -0.4 is 5.32 Å². The lowest BCUT2D eigenvalue weighted by Crippen LogP contribution is -2.12. The van der Waals surface area contributed by atoms with Crippen LogP contribution in [0.3, 0.4) is 0 Å². The van der Waals surface area contributed by atoms with Crippen molar-refractivity contribution in [1.82, 2.24) is 10.3 Å². The van der Waals surface area contributed by atoms with Gasteiger partial charge in [-0.05, 0) is 13.8 Å². The van der Waals surface area contributed by atoms with E-state index < -0.39 is 0 Å². The molecule has 3 nitrogen and oxygen atoms in total. The molecule has 1 rings (SSSR count). The number of oxazole rings is 1. The topological polar surface area (TPSA) is 38.1 Å². The largest absolute Gasteiger partial charge is 0.447 e. The Morgan fingerprint density at radius 3 is 3.08 bits per heavy atom. The molecule has 0 aromatic carbocycles. The molecule has 0 saturated heterocycles. The van der Waals surface area contributed by atoms with Gasteiger partial charge in [0.15, 0.2) is 6.39 Å². The predicted molar refractivity (Wildman–Crippen MR) is 47.6 cm³/mol. The highest BCUT2D eigenvalue weighted by Gasteiger charge is 1.92. The molecule has 0 saturated carbocycles. The van der Waals surface area contributed by atoms with Crippen LogP contribution in [0.25, 0.3) is 0 Å². The molecule has 0 aliphatic carbocycles. The van der Waals surface area contributed by atoms with Gasteiger partial charge in [-0.2, -0.15) is 0 Å². The van der Waals surface area contributed by atoms with E-state index in [9.17, 15) is 0 Å². The zero-order valence-electron chi connectivity index (χ0n) is 7.50. The van der Waals surface area contributed by atoms with E-state index in [0.717, 1.165) is 18.8 Å². The van der Waals surface area contributed by atoms with Gasteiger partial charge in [0, 0.05) is 6.54 Å². The van der Waals surface area contributed by atoms with E-state index in [1.807, 2.05) is 0 Å². The lowest BCUT2D eigenvalue weighted by molar-refractivity contribution is 0.486. The normalized spacial score (nSPS) is 9.83. The standard InChI is InChI=1S/C9H14N2O/c1-8(2)3-4-10-5-9-6-11-7-12-9/h3,6-7,10H,4-5H2,1-2H3. The highest BCUT2D eigenvalue weighted by Crippen LogP contribution is 1.94. The first kappa shape index (κ1) is 9.00. The van der Waals surface area contributed by atoms with Crippen molar-refractivity contribution < 1.29 is 4.42 Å². The third-order valence-electron chi connectivity index (χ3n) is 1.44. The first-order valence-electron chi connectivity index (χ1n) is 4.00. The maximum absolute atomic E-state index is 5.05.